The number of carbonyl (C=O) groups excluding carboxylic acids is 1. The van der Waals surface area contributed by atoms with Crippen molar-refractivity contribution in [1.82, 2.24) is 15.2 Å². The molecule has 0 radical (unpaired) electrons. The van der Waals surface area contributed by atoms with Gasteiger partial charge in [0, 0.05) is 25.3 Å². The minimum Gasteiger partial charge on any atom is -0.347 e. The van der Waals surface area contributed by atoms with Crippen LogP contribution < -0.4 is 10.6 Å². The van der Waals surface area contributed by atoms with E-state index < -0.39 is 0 Å². The van der Waals surface area contributed by atoms with Crippen LogP contribution in [0.15, 0.2) is 12.3 Å². The molecule has 1 saturated heterocycles. The van der Waals surface area contributed by atoms with Crippen molar-refractivity contribution in [1.29, 1.82) is 0 Å². The molecule has 0 bridgehead atoms. The van der Waals surface area contributed by atoms with E-state index in [1.807, 2.05) is 10.8 Å². The molecule has 1 aliphatic rings. The number of hydrogen-bond donors (Lipinski definition) is 2. The first-order valence-electron chi connectivity index (χ1n) is 6.58. The molecule has 1 amide bonds. The summed E-state index contributed by atoms with van der Waals surface area (Å²) in [5, 5.41) is 6.98. The Morgan fingerprint density at radius 2 is 2.50 bits per heavy atom. The number of halogens is 1. The Bertz CT molecular complexity index is 410. The Morgan fingerprint density at radius 3 is 3.17 bits per heavy atom. The maximum absolute atomic E-state index is 12.2. The first-order valence-corrected chi connectivity index (χ1v) is 6.95. The second-order valence-corrected chi connectivity index (χ2v) is 5.19. The molecular weight excluding hydrogens is 250 g/mol. The molecule has 1 aromatic rings. The van der Waals surface area contributed by atoms with Gasteiger partial charge in [-0.3, -0.25) is 4.79 Å². The fraction of sp³-hybridized carbons (Fsp3) is 0.615. The van der Waals surface area contributed by atoms with Crippen LogP contribution in [0.2, 0.25) is 5.02 Å². The smallest absolute Gasteiger partial charge is 0.268 e. The van der Waals surface area contributed by atoms with Crippen LogP contribution in [0, 0.1) is 0 Å². The van der Waals surface area contributed by atoms with Gasteiger partial charge in [-0.1, -0.05) is 18.5 Å². The van der Waals surface area contributed by atoms with Gasteiger partial charge in [0.15, 0.2) is 0 Å². The molecule has 100 valence electrons. The van der Waals surface area contributed by atoms with Crippen molar-refractivity contribution >= 4 is 17.5 Å². The zero-order chi connectivity index (χ0) is 13.0. The number of rotatable bonds is 4. The van der Waals surface area contributed by atoms with Crippen molar-refractivity contribution in [3.63, 3.8) is 0 Å². The molecule has 1 aliphatic heterocycles. The Morgan fingerprint density at radius 1 is 1.67 bits per heavy atom. The van der Waals surface area contributed by atoms with Crippen LogP contribution in [-0.4, -0.2) is 29.6 Å². The van der Waals surface area contributed by atoms with E-state index in [2.05, 4.69) is 17.6 Å². The normalized spacial score (nSPS) is 19.8. The van der Waals surface area contributed by atoms with Crippen molar-refractivity contribution in [2.45, 2.75) is 38.8 Å². The largest absolute Gasteiger partial charge is 0.347 e. The van der Waals surface area contributed by atoms with E-state index in [1.54, 1.807) is 6.07 Å². The first-order chi connectivity index (χ1) is 8.70. The summed E-state index contributed by atoms with van der Waals surface area (Å²) in [6.07, 6.45) is 4.96. The standard InChI is InChI=1S/C13H20ClN3O/c1-2-6-17-9-10(14)7-12(17)13(18)16-11-4-3-5-15-8-11/h7,9,11,15H,2-6,8H2,1H3,(H,16,18)/t11-/m1/s1. The average Bonchev–Trinajstić information content (AvgIpc) is 2.72. The molecule has 0 unspecified atom stereocenters. The van der Waals surface area contributed by atoms with Crippen molar-refractivity contribution in [3.8, 4) is 0 Å². The van der Waals surface area contributed by atoms with Gasteiger partial charge in [-0.2, -0.15) is 0 Å². The van der Waals surface area contributed by atoms with E-state index in [-0.39, 0.29) is 11.9 Å². The number of nitrogens with one attached hydrogen (secondary N) is 2. The third-order valence-electron chi connectivity index (χ3n) is 3.19. The molecule has 18 heavy (non-hydrogen) atoms. The van der Waals surface area contributed by atoms with Crippen LogP contribution in [0.1, 0.15) is 36.7 Å². The molecular formula is C13H20ClN3O. The molecule has 0 saturated carbocycles. The number of carbonyl (C=O) groups is 1. The van der Waals surface area contributed by atoms with Crippen LogP contribution in [0.25, 0.3) is 0 Å². The summed E-state index contributed by atoms with van der Waals surface area (Å²) in [5.41, 5.74) is 0.660. The fourth-order valence-electron chi connectivity index (χ4n) is 2.33. The predicted octanol–water partition coefficient (Wildman–Crippen LogP) is 2.03. The highest BCUT2D eigenvalue weighted by Gasteiger charge is 2.18. The van der Waals surface area contributed by atoms with Crippen LogP contribution in [-0.2, 0) is 6.54 Å². The molecule has 1 fully saturated rings. The van der Waals surface area contributed by atoms with E-state index >= 15 is 0 Å². The van der Waals surface area contributed by atoms with Gasteiger partial charge in [-0.25, -0.2) is 0 Å². The molecule has 1 atom stereocenters. The zero-order valence-corrected chi connectivity index (χ0v) is 11.5. The van der Waals surface area contributed by atoms with Gasteiger partial charge >= 0.3 is 0 Å². The minimum absolute atomic E-state index is 0.0240. The maximum atomic E-state index is 12.2. The Balaban J connectivity index is 2.03. The van der Waals surface area contributed by atoms with Crippen LogP contribution in [0.4, 0.5) is 0 Å². The highest BCUT2D eigenvalue weighted by Crippen LogP contribution is 2.15. The van der Waals surface area contributed by atoms with Gasteiger partial charge in [-0.15, -0.1) is 0 Å². The van der Waals surface area contributed by atoms with Gasteiger partial charge in [-0.05, 0) is 31.9 Å². The lowest BCUT2D eigenvalue weighted by Crippen LogP contribution is -2.46. The number of aromatic nitrogens is 1. The molecule has 1 aromatic heterocycles. The number of nitrogens with zero attached hydrogens (tertiary/aromatic N) is 1. The number of aryl methyl sites for hydroxylation is 1. The molecule has 2 N–H and O–H groups in total. The van der Waals surface area contributed by atoms with E-state index in [4.69, 9.17) is 11.6 Å². The summed E-state index contributed by atoms with van der Waals surface area (Å²) in [5.74, 6) is -0.0240. The average molecular weight is 270 g/mol. The molecule has 0 spiro atoms. The van der Waals surface area contributed by atoms with E-state index in [1.165, 1.54) is 0 Å². The van der Waals surface area contributed by atoms with E-state index in [0.29, 0.717) is 10.7 Å². The fourth-order valence-corrected chi connectivity index (χ4v) is 2.55. The number of hydrogen-bond acceptors (Lipinski definition) is 2. The van der Waals surface area contributed by atoms with Crippen molar-refractivity contribution < 1.29 is 4.79 Å². The van der Waals surface area contributed by atoms with Gasteiger partial charge in [0.05, 0.1) is 5.02 Å². The van der Waals surface area contributed by atoms with E-state index in [0.717, 1.165) is 38.9 Å². The monoisotopic (exact) mass is 269 g/mol. The Labute approximate surface area is 113 Å². The summed E-state index contributed by atoms with van der Waals surface area (Å²) in [6.45, 7) is 4.80. The first kappa shape index (κ1) is 13.4. The van der Waals surface area contributed by atoms with Crippen molar-refractivity contribution in [3.05, 3.63) is 23.0 Å². The minimum atomic E-state index is -0.0240. The molecule has 0 aromatic carbocycles. The molecule has 4 nitrogen and oxygen atoms in total. The topological polar surface area (TPSA) is 46.1 Å². The maximum Gasteiger partial charge on any atom is 0.268 e. The molecule has 0 aliphatic carbocycles. The second kappa shape index (κ2) is 6.25. The van der Waals surface area contributed by atoms with E-state index in [9.17, 15) is 4.79 Å². The summed E-state index contributed by atoms with van der Waals surface area (Å²) < 4.78 is 1.92. The zero-order valence-electron chi connectivity index (χ0n) is 10.7. The van der Waals surface area contributed by atoms with Gasteiger partial charge < -0.3 is 15.2 Å². The van der Waals surface area contributed by atoms with Crippen molar-refractivity contribution in [2.24, 2.45) is 0 Å². The summed E-state index contributed by atoms with van der Waals surface area (Å²) in [7, 11) is 0. The highest BCUT2D eigenvalue weighted by atomic mass is 35.5. The third-order valence-corrected chi connectivity index (χ3v) is 3.40. The van der Waals surface area contributed by atoms with Crippen molar-refractivity contribution in [2.75, 3.05) is 13.1 Å². The summed E-state index contributed by atoms with van der Waals surface area (Å²) >= 11 is 5.97. The molecule has 2 heterocycles. The summed E-state index contributed by atoms with van der Waals surface area (Å²) in [4.78, 5) is 12.2. The lowest BCUT2D eigenvalue weighted by Gasteiger charge is -2.24. The van der Waals surface area contributed by atoms with Gasteiger partial charge in [0.25, 0.3) is 5.91 Å². The lowest BCUT2D eigenvalue weighted by molar-refractivity contribution is 0.0921. The van der Waals surface area contributed by atoms with Crippen LogP contribution in [0.5, 0.6) is 0 Å². The molecule has 2 rings (SSSR count). The third kappa shape index (κ3) is 3.27. The quantitative estimate of drug-likeness (QED) is 0.879. The summed E-state index contributed by atoms with van der Waals surface area (Å²) in [6, 6.07) is 1.97. The lowest BCUT2D eigenvalue weighted by atomic mass is 10.1. The Kier molecular flexibility index (Phi) is 4.66. The van der Waals surface area contributed by atoms with Gasteiger partial charge in [0.1, 0.15) is 5.69 Å². The van der Waals surface area contributed by atoms with Crippen LogP contribution >= 0.6 is 11.6 Å². The molecule has 5 heteroatoms. The number of piperidine rings is 1. The number of amides is 1. The second-order valence-electron chi connectivity index (χ2n) is 4.75. The SMILES string of the molecule is CCCn1cc(Cl)cc1C(=O)N[C@@H]1CCCNC1. The predicted molar refractivity (Wildman–Crippen MR) is 73.1 cm³/mol. The Hall–Kier alpha value is -1.00. The highest BCUT2D eigenvalue weighted by molar-refractivity contribution is 6.31. The van der Waals surface area contributed by atoms with Crippen LogP contribution in [0.3, 0.4) is 0 Å². The van der Waals surface area contributed by atoms with Gasteiger partial charge in [0.2, 0.25) is 0 Å².